The third kappa shape index (κ3) is 2.01. The van der Waals surface area contributed by atoms with Gasteiger partial charge < -0.3 is 24.8 Å². The summed E-state index contributed by atoms with van der Waals surface area (Å²) in [6, 6.07) is 4.04. The van der Waals surface area contributed by atoms with E-state index in [2.05, 4.69) is 0 Å². The molecule has 2 aromatic carbocycles. The Kier molecular flexibility index (Phi) is 3.62. The number of fused-ring (bicyclic) bond motifs is 4. The number of carbonyl (C=O) groups excluding carboxylic acids is 3. The molecule has 0 aromatic heterocycles. The average Bonchev–Trinajstić information content (AvgIpc) is 3.46. The number of ether oxygens (including phenoxy) is 2. The Labute approximate surface area is 170 Å². The summed E-state index contributed by atoms with van der Waals surface area (Å²) in [4.78, 5) is 39.0. The SMILES string of the molecule is CC[C@@]12O[C@@H]1Cc1c(O)c3c(c(O)c1[C@H]2C(=O)OC)C(=O)c1cccc(O)c1C3=O. The van der Waals surface area contributed by atoms with Crippen LogP contribution in [0.15, 0.2) is 18.2 Å². The van der Waals surface area contributed by atoms with E-state index in [4.69, 9.17) is 9.47 Å². The molecule has 1 saturated heterocycles. The van der Waals surface area contributed by atoms with E-state index in [9.17, 15) is 29.7 Å². The number of methoxy groups -OCH3 is 1. The number of phenols is 3. The molecule has 1 aliphatic heterocycles. The number of hydrogen-bond donors (Lipinski definition) is 3. The third-order valence-corrected chi connectivity index (χ3v) is 6.56. The van der Waals surface area contributed by atoms with Gasteiger partial charge in [0.2, 0.25) is 5.78 Å². The summed E-state index contributed by atoms with van der Waals surface area (Å²) in [5, 5.41) is 32.3. The molecule has 3 atom stereocenters. The fourth-order valence-electron chi connectivity index (χ4n) is 5.06. The van der Waals surface area contributed by atoms with Gasteiger partial charge in [-0.1, -0.05) is 19.1 Å². The predicted molar refractivity (Wildman–Crippen MR) is 101 cm³/mol. The van der Waals surface area contributed by atoms with Gasteiger partial charge in [0, 0.05) is 23.1 Å². The maximum absolute atomic E-state index is 13.2. The predicted octanol–water partition coefficient (Wildman–Crippen LogP) is 1.94. The third-order valence-electron chi connectivity index (χ3n) is 6.56. The quantitative estimate of drug-likeness (QED) is 0.332. The van der Waals surface area contributed by atoms with Gasteiger partial charge in [0.25, 0.3) is 0 Å². The summed E-state index contributed by atoms with van der Waals surface area (Å²) in [6.07, 6.45) is 0.230. The molecular formula is C22H18O8. The second kappa shape index (κ2) is 5.82. The highest BCUT2D eigenvalue weighted by Crippen LogP contribution is 2.61. The highest BCUT2D eigenvalue weighted by molar-refractivity contribution is 6.31. The number of phenolic OH excluding ortho intramolecular Hbond substituents is 3. The van der Waals surface area contributed by atoms with Crippen LogP contribution in [0.4, 0.5) is 0 Å². The minimum absolute atomic E-state index is 0.0541. The zero-order chi connectivity index (χ0) is 21.5. The molecule has 0 radical (unpaired) electrons. The fourth-order valence-corrected chi connectivity index (χ4v) is 5.06. The lowest BCUT2D eigenvalue weighted by Gasteiger charge is -2.31. The van der Waals surface area contributed by atoms with Crippen LogP contribution in [0, 0.1) is 0 Å². The standard InChI is InChI=1S/C22H18O8/c1-3-22-11(30-22)7-9-13(16(22)21(28)29-2)20(27)14-15(18(9)25)19(26)12-8(17(14)24)5-4-6-10(12)23/h4-6,11,16,23,25,27H,3,7H2,1-2H3/t11-,16+,22-/m1/s1. The van der Waals surface area contributed by atoms with Crippen molar-refractivity contribution in [3.63, 3.8) is 0 Å². The summed E-state index contributed by atoms with van der Waals surface area (Å²) < 4.78 is 10.7. The smallest absolute Gasteiger partial charge is 0.316 e. The molecule has 30 heavy (non-hydrogen) atoms. The van der Waals surface area contributed by atoms with Gasteiger partial charge in [0.05, 0.1) is 29.9 Å². The van der Waals surface area contributed by atoms with Gasteiger partial charge >= 0.3 is 5.97 Å². The first kappa shape index (κ1) is 18.6. The van der Waals surface area contributed by atoms with E-state index in [0.717, 1.165) is 0 Å². The molecule has 0 spiro atoms. The first-order valence-electron chi connectivity index (χ1n) is 9.56. The lowest BCUT2D eigenvalue weighted by molar-refractivity contribution is -0.144. The highest BCUT2D eigenvalue weighted by atomic mass is 16.6. The van der Waals surface area contributed by atoms with Crippen molar-refractivity contribution in [2.45, 2.75) is 37.4 Å². The van der Waals surface area contributed by atoms with Gasteiger partial charge in [-0.25, -0.2) is 0 Å². The molecule has 3 N–H and O–H groups in total. The molecule has 2 aliphatic carbocycles. The van der Waals surface area contributed by atoms with E-state index in [1.807, 2.05) is 6.92 Å². The second-order valence-electron chi connectivity index (χ2n) is 7.77. The van der Waals surface area contributed by atoms with Crippen LogP contribution < -0.4 is 0 Å². The van der Waals surface area contributed by atoms with E-state index >= 15 is 0 Å². The van der Waals surface area contributed by atoms with Crippen LogP contribution in [0.5, 0.6) is 17.2 Å². The number of benzene rings is 2. The van der Waals surface area contributed by atoms with Gasteiger partial charge in [0.15, 0.2) is 5.78 Å². The van der Waals surface area contributed by atoms with Gasteiger partial charge in [-0.05, 0) is 12.5 Å². The number of carbonyl (C=O) groups is 3. The van der Waals surface area contributed by atoms with Crippen LogP contribution in [0.2, 0.25) is 0 Å². The molecule has 0 bridgehead atoms. The minimum atomic E-state index is -1.05. The van der Waals surface area contributed by atoms with Crippen LogP contribution in [-0.4, -0.2) is 51.7 Å². The number of esters is 1. The van der Waals surface area contributed by atoms with Gasteiger partial charge in [-0.3, -0.25) is 14.4 Å². The fraction of sp³-hybridized carbons (Fsp3) is 0.318. The summed E-state index contributed by atoms with van der Waals surface area (Å²) in [5.41, 5.74) is -1.73. The Hall–Kier alpha value is -3.39. The summed E-state index contributed by atoms with van der Waals surface area (Å²) in [7, 11) is 1.21. The second-order valence-corrected chi connectivity index (χ2v) is 7.77. The van der Waals surface area contributed by atoms with E-state index in [1.54, 1.807) is 0 Å². The number of aromatic hydroxyl groups is 3. The zero-order valence-electron chi connectivity index (χ0n) is 16.2. The first-order chi connectivity index (χ1) is 14.3. The largest absolute Gasteiger partial charge is 0.507 e. The van der Waals surface area contributed by atoms with E-state index in [-0.39, 0.29) is 39.8 Å². The van der Waals surface area contributed by atoms with Crippen molar-refractivity contribution >= 4 is 17.5 Å². The number of ketones is 2. The molecule has 8 nitrogen and oxygen atoms in total. The molecule has 0 unspecified atom stereocenters. The van der Waals surface area contributed by atoms with Gasteiger partial charge in [0.1, 0.15) is 28.8 Å². The maximum atomic E-state index is 13.2. The van der Waals surface area contributed by atoms with Crippen LogP contribution in [0.25, 0.3) is 0 Å². The molecule has 8 heteroatoms. The molecule has 2 aromatic rings. The van der Waals surface area contributed by atoms with Crippen LogP contribution in [0.1, 0.15) is 62.2 Å². The Bertz CT molecular complexity index is 1180. The first-order valence-corrected chi connectivity index (χ1v) is 9.56. The van der Waals surface area contributed by atoms with Crippen LogP contribution >= 0.6 is 0 Å². The topological polar surface area (TPSA) is 134 Å². The Morgan fingerprint density at radius 2 is 1.83 bits per heavy atom. The average molecular weight is 410 g/mol. The molecular weight excluding hydrogens is 392 g/mol. The zero-order valence-corrected chi connectivity index (χ0v) is 16.2. The number of hydrogen-bond acceptors (Lipinski definition) is 8. The van der Waals surface area contributed by atoms with Gasteiger partial charge in [-0.15, -0.1) is 0 Å². The van der Waals surface area contributed by atoms with Crippen molar-refractivity contribution in [1.29, 1.82) is 0 Å². The van der Waals surface area contributed by atoms with Crippen molar-refractivity contribution in [3.8, 4) is 17.2 Å². The summed E-state index contributed by atoms with van der Waals surface area (Å²) in [6.45, 7) is 1.84. The lowest BCUT2D eigenvalue weighted by Crippen LogP contribution is -2.37. The molecule has 1 heterocycles. The van der Waals surface area contributed by atoms with E-state index < -0.39 is 52.4 Å². The summed E-state index contributed by atoms with van der Waals surface area (Å²) >= 11 is 0. The summed E-state index contributed by atoms with van der Waals surface area (Å²) in [5.74, 6) is -4.63. The van der Waals surface area contributed by atoms with Crippen molar-refractivity contribution in [3.05, 3.63) is 51.6 Å². The molecule has 0 amide bonds. The van der Waals surface area contributed by atoms with Crippen molar-refractivity contribution in [1.82, 2.24) is 0 Å². The van der Waals surface area contributed by atoms with Gasteiger partial charge in [-0.2, -0.15) is 0 Å². The monoisotopic (exact) mass is 410 g/mol. The molecule has 154 valence electrons. The minimum Gasteiger partial charge on any atom is -0.507 e. The Morgan fingerprint density at radius 3 is 2.50 bits per heavy atom. The lowest BCUT2D eigenvalue weighted by atomic mass is 9.69. The molecule has 0 saturated carbocycles. The number of rotatable bonds is 2. The normalized spacial score (nSPS) is 25.7. The van der Waals surface area contributed by atoms with Crippen LogP contribution in [-0.2, 0) is 20.7 Å². The Balaban J connectivity index is 1.83. The maximum Gasteiger partial charge on any atom is 0.316 e. The van der Waals surface area contributed by atoms with Crippen molar-refractivity contribution < 1.29 is 39.2 Å². The Morgan fingerprint density at radius 1 is 1.13 bits per heavy atom. The molecule has 5 rings (SSSR count). The number of epoxide rings is 1. The van der Waals surface area contributed by atoms with Crippen molar-refractivity contribution in [2.75, 3.05) is 7.11 Å². The molecule has 1 fully saturated rings. The highest BCUT2D eigenvalue weighted by Gasteiger charge is 2.67. The van der Waals surface area contributed by atoms with E-state index in [0.29, 0.717) is 6.42 Å². The van der Waals surface area contributed by atoms with Crippen molar-refractivity contribution in [2.24, 2.45) is 0 Å². The molecule has 3 aliphatic rings. The van der Waals surface area contributed by atoms with Crippen LogP contribution in [0.3, 0.4) is 0 Å². The van der Waals surface area contributed by atoms with E-state index in [1.165, 1.54) is 25.3 Å².